The van der Waals surface area contributed by atoms with Crippen LogP contribution in [0.3, 0.4) is 0 Å². The number of thiol groups is 1. The van der Waals surface area contributed by atoms with Crippen molar-refractivity contribution in [3.8, 4) is 0 Å². The molecule has 1 N–H and O–H groups in total. The molecule has 0 atom stereocenters. The molecule has 1 rings (SSSR count). The van der Waals surface area contributed by atoms with Crippen molar-refractivity contribution in [2.45, 2.75) is 37.5 Å². The highest BCUT2D eigenvalue weighted by Crippen LogP contribution is 2.08. The van der Waals surface area contributed by atoms with Crippen molar-refractivity contribution >= 4 is 18.5 Å². The average molecular weight is 281 g/mol. The molecule has 0 radical (unpaired) electrons. The van der Waals surface area contributed by atoms with Gasteiger partial charge in [0, 0.05) is 24.7 Å². The second kappa shape index (κ2) is 9.87. The molecule has 0 aliphatic rings. The number of carbonyl (C=O) groups is 1. The molecule has 0 aliphatic heterocycles. The smallest absolute Gasteiger partial charge is 0.224 e. The van der Waals surface area contributed by atoms with Crippen LogP contribution in [0.4, 0.5) is 0 Å². The number of carbonyl (C=O) groups excluding carboxylic acids is 1. The van der Waals surface area contributed by atoms with E-state index in [1.54, 1.807) is 0 Å². The Morgan fingerprint density at radius 3 is 2.58 bits per heavy atom. The second-order valence-electron chi connectivity index (χ2n) is 4.51. The maximum Gasteiger partial charge on any atom is 0.224 e. The normalized spacial score (nSPS) is 10.4. The SMILES string of the molecule is CCCCOCCCNC(=O)Cc1ccc(S)cc1. The summed E-state index contributed by atoms with van der Waals surface area (Å²) in [6.07, 6.45) is 3.55. The van der Waals surface area contributed by atoms with Crippen molar-refractivity contribution in [1.82, 2.24) is 5.32 Å². The Kier molecular flexibility index (Phi) is 8.34. The number of benzene rings is 1. The number of hydrogen-bond donors (Lipinski definition) is 2. The van der Waals surface area contributed by atoms with Crippen molar-refractivity contribution in [3.63, 3.8) is 0 Å². The third-order valence-corrected chi connectivity index (χ3v) is 3.03. The van der Waals surface area contributed by atoms with Crippen molar-refractivity contribution in [2.24, 2.45) is 0 Å². The van der Waals surface area contributed by atoms with Gasteiger partial charge in [0.25, 0.3) is 0 Å². The van der Waals surface area contributed by atoms with E-state index in [1.807, 2.05) is 24.3 Å². The molecule has 106 valence electrons. The molecule has 0 aliphatic carbocycles. The number of hydrogen-bond acceptors (Lipinski definition) is 3. The molecule has 0 heterocycles. The van der Waals surface area contributed by atoms with Crippen LogP contribution < -0.4 is 5.32 Å². The monoisotopic (exact) mass is 281 g/mol. The zero-order valence-electron chi connectivity index (χ0n) is 11.5. The van der Waals surface area contributed by atoms with Crippen LogP contribution in [0.15, 0.2) is 29.2 Å². The minimum absolute atomic E-state index is 0.0560. The quantitative estimate of drug-likeness (QED) is 0.539. The fourth-order valence-corrected chi connectivity index (χ4v) is 1.76. The van der Waals surface area contributed by atoms with Crippen LogP contribution in [-0.4, -0.2) is 25.7 Å². The number of rotatable bonds is 9. The minimum Gasteiger partial charge on any atom is -0.381 e. The van der Waals surface area contributed by atoms with Gasteiger partial charge in [-0.05, 0) is 30.5 Å². The van der Waals surface area contributed by atoms with Gasteiger partial charge in [-0.15, -0.1) is 12.6 Å². The summed E-state index contributed by atoms with van der Waals surface area (Å²) >= 11 is 4.21. The number of ether oxygens (including phenoxy) is 1. The molecule has 0 unspecified atom stereocenters. The van der Waals surface area contributed by atoms with Gasteiger partial charge in [-0.3, -0.25) is 4.79 Å². The molecule has 0 saturated heterocycles. The Morgan fingerprint density at radius 1 is 1.21 bits per heavy atom. The van der Waals surface area contributed by atoms with Crippen molar-refractivity contribution < 1.29 is 9.53 Å². The lowest BCUT2D eigenvalue weighted by Crippen LogP contribution is -2.26. The first kappa shape index (κ1) is 16.1. The Hall–Kier alpha value is -1.00. The van der Waals surface area contributed by atoms with Gasteiger partial charge in [0.2, 0.25) is 5.91 Å². The Labute approximate surface area is 121 Å². The molecule has 1 aromatic carbocycles. The molecule has 3 nitrogen and oxygen atoms in total. The summed E-state index contributed by atoms with van der Waals surface area (Å²) in [6, 6.07) is 7.64. The highest BCUT2D eigenvalue weighted by molar-refractivity contribution is 7.80. The molecule has 4 heteroatoms. The van der Waals surface area contributed by atoms with Gasteiger partial charge < -0.3 is 10.1 Å². The van der Waals surface area contributed by atoms with E-state index in [0.29, 0.717) is 19.6 Å². The summed E-state index contributed by atoms with van der Waals surface area (Å²) in [5, 5.41) is 2.90. The Bertz CT molecular complexity index is 365. The van der Waals surface area contributed by atoms with Crippen LogP contribution in [0.25, 0.3) is 0 Å². The fraction of sp³-hybridized carbons (Fsp3) is 0.533. The molecule has 0 saturated carbocycles. The zero-order valence-corrected chi connectivity index (χ0v) is 12.4. The zero-order chi connectivity index (χ0) is 13.9. The molecule has 0 aromatic heterocycles. The third kappa shape index (κ3) is 7.90. The molecule has 0 spiro atoms. The van der Waals surface area contributed by atoms with E-state index in [2.05, 4.69) is 24.9 Å². The maximum absolute atomic E-state index is 11.7. The first-order valence-electron chi connectivity index (χ1n) is 6.84. The van der Waals surface area contributed by atoms with Gasteiger partial charge in [0.1, 0.15) is 0 Å². The summed E-state index contributed by atoms with van der Waals surface area (Å²) < 4.78 is 5.43. The highest BCUT2D eigenvalue weighted by atomic mass is 32.1. The molecule has 0 fully saturated rings. The summed E-state index contributed by atoms with van der Waals surface area (Å²) in [4.78, 5) is 12.6. The second-order valence-corrected chi connectivity index (χ2v) is 5.03. The lowest BCUT2D eigenvalue weighted by atomic mass is 10.1. The molecular weight excluding hydrogens is 258 g/mol. The number of nitrogens with one attached hydrogen (secondary N) is 1. The topological polar surface area (TPSA) is 38.3 Å². The van der Waals surface area contributed by atoms with Gasteiger partial charge >= 0.3 is 0 Å². The predicted octanol–water partition coefficient (Wildman–Crippen LogP) is 2.84. The van der Waals surface area contributed by atoms with E-state index in [4.69, 9.17) is 4.74 Å². The maximum atomic E-state index is 11.7. The molecular formula is C15H23NO2S. The first-order valence-corrected chi connectivity index (χ1v) is 7.29. The summed E-state index contributed by atoms with van der Waals surface area (Å²) in [6.45, 7) is 4.36. The minimum atomic E-state index is 0.0560. The Balaban J connectivity index is 2.06. The van der Waals surface area contributed by atoms with E-state index in [9.17, 15) is 4.79 Å². The standard InChI is InChI=1S/C15H23NO2S/c1-2-3-10-18-11-4-9-16-15(17)12-13-5-7-14(19)8-6-13/h5-8,19H,2-4,9-12H2,1H3,(H,16,17). The highest BCUT2D eigenvalue weighted by Gasteiger charge is 2.02. The van der Waals surface area contributed by atoms with E-state index in [-0.39, 0.29) is 5.91 Å². The van der Waals surface area contributed by atoms with Gasteiger partial charge in [-0.2, -0.15) is 0 Å². The van der Waals surface area contributed by atoms with Crippen LogP contribution in [0, 0.1) is 0 Å². The number of amides is 1. The summed E-state index contributed by atoms with van der Waals surface area (Å²) in [5.41, 5.74) is 1.01. The summed E-state index contributed by atoms with van der Waals surface area (Å²) in [5.74, 6) is 0.0560. The largest absolute Gasteiger partial charge is 0.381 e. The lowest BCUT2D eigenvalue weighted by Gasteiger charge is -2.06. The Morgan fingerprint density at radius 2 is 1.89 bits per heavy atom. The molecule has 19 heavy (non-hydrogen) atoms. The predicted molar refractivity (Wildman–Crippen MR) is 80.8 cm³/mol. The van der Waals surface area contributed by atoms with Gasteiger partial charge in [-0.25, -0.2) is 0 Å². The molecule has 1 aromatic rings. The van der Waals surface area contributed by atoms with E-state index >= 15 is 0 Å². The van der Waals surface area contributed by atoms with Crippen molar-refractivity contribution in [2.75, 3.05) is 19.8 Å². The number of unbranched alkanes of at least 4 members (excludes halogenated alkanes) is 1. The van der Waals surface area contributed by atoms with Gasteiger partial charge in [0.05, 0.1) is 6.42 Å². The molecule has 0 bridgehead atoms. The van der Waals surface area contributed by atoms with Crippen LogP contribution in [0.5, 0.6) is 0 Å². The van der Waals surface area contributed by atoms with Crippen LogP contribution >= 0.6 is 12.6 Å². The van der Waals surface area contributed by atoms with Crippen LogP contribution in [0.1, 0.15) is 31.7 Å². The third-order valence-electron chi connectivity index (χ3n) is 2.73. The molecule has 1 amide bonds. The lowest BCUT2D eigenvalue weighted by molar-refractivity contribution is -0.120. The van der Waals surface area contributed by atoms with Crippen LogP contribution in [-0.2, 0) is 16.0 Å². The summed E-state index contributed by atoms with van der Waals surface area (Å²) in [7, 11) is 0. The van der Waals surface area contributed by atoms with Gasteiger partial charge in [0.15, 0.2) is 0 Å². The first-order chi connectivity index (χ1) is 9.22. The van der Waals surface area contributed by atoms with Crippen molar-refractivity contribution in [3.05, 3.63) is 29.8 Å². The average Bonchev–Trinajstić information content (AvgIpc) is 2.40. The van der Waals surface area contributed by atoms with E-state index in [1.165, 1.54) is 0 Å². The van der Waals surface area contributed by atoms with E-state index < -0.39 is 0 Å². The van der Waals surface area contributed by atoms with Crippen LogP contribution in [0.2, 0.25) is 0 Å². The van der Waals surface area contributed by atoms with E-state index in [0.717, 1.165) is 36.3 Å². The van der Waals surface area contributed by atoms with Crippen molar-refractivity contribution in [1.29, 1.82) is 0 Å². The fourth-order valence-electron chi connectivity index (χ4n) is 1.61. The van der Waals surface area contributed by atoms with Gasteiger partial charge in [-0.1, -0.05) is 25.5 Å².